The summed E-state index contributed by atoms with van der Waals surface area (Å²) in [5, 5.41) is 8.54. The van der Waals surface area contributed by atoms with E-state index in [1.807, 2.05) is 11.3 Å². The molecule has 1 N–H and O–H groups in total. The number of nitrogens with one attached hydrogen (secondary N) is 1. The second-order valence-electron chi connectivity index (χ2n) is 5.05. The lowest BCUT2D eigenvalue weighted by Gasteiger charge is -2.19. The van der Waals surface area contributed by atoms with E-state index in [9.17, 15) is 0 Å². The van der Waals surface area contributed by atoms with Crippen molar-refractivity contribution in [3.63, 3.8) is 0 Å². The van der Waals surface area contributed by atoms with Crippen molar-refractivity contribution in [3.8, 4) is 0 Å². The highest BCUT2D eigenvalue weighted by molar-refractivity contribution is 7.10. The molecule has 0 fully saturated rings. The summed E-state index contributed by atoms with van der Waals surface area (Å²) in [6.07, 6.45) is 0. The van der Waals surface area contributed by atoms with Crippen LogP contribution < -0.4 is 5.32 Å². The van der Waals surface area contributed by atoms with E-state index in [4.69, 9.17) is 0 Å². The Bertz CT molecular complexity index is 709. The molecule has 3 rings (SSSR count). The van der Waals surface area contributed by atoms with Gasteiger partial charge in [0, 0.05) is 4.88 Å². The van der Waals surface area contributed by atoms with Crippen LogP contribution in [0.25, 0.3) is 10.8 Å². The first-order valence-electron chi connectivity index (χ1n) is 7.05. The molecule has 2 aromatic carbocycles. The second kappa shape index (κ2) is 5.78. The summed E-state index contributed by atoms with van der Waals surface area (Å²) in [7, 11) is 0. The Balaban J connectivity index is 2.14. The predicted molar refractivity (Wildman–Crippen MR) is 88.5 cm³/mol. The van der Waals surface area contributed by atoms with Gasteiger partial charge in [0.15, 0.2) is 0 Å². The third-order valence-corrected chi connectivity index (χ3v) is 4.51. The van der Waals surface area contributed by atoms with Crippen molar-refractivity contribution in [2.75, 3.05) is 6.54 Å². The fourth-order valence-electron chi connectivity index (χ4n) is 2.73. The SMILES string of the molecule is CCNC(c1csc(C)c1)c1cccc2ccccc12. The third-order valence-electron chi connectivity index (χ3n) is 3.63. The number of thiophene rings is 1. The van der Waals surface area contributed by atoms with Crippen molar-refractivity contribution in [3.05, 3.63) is 69.9 Å². The maximum absolute atomic E-state index is 3.63. The lowest BCUT2D eigenvalue weighted by molar-refractivity contribution is 0.636. The minimum absolute atomic E-state index is 0.274. The molecule has 0 bridgehead atoms. The molecule has 0 aliphatic rings. The quantitative estimate of drug-likeness (QED) is 0.716. The second-order valence-corrected chi connectivity index (χ2v) is 6.17. The molecule has 0 aliphatic carbocycles. The van der Waals surface area contributed by atoms with Gasteiger partial charge in [-0.25, -0.2) is 0 Å². The number of hydrogen-bond donors (Lipinski definition) is 1. The first kappa shape index (κ1) is 13.3. The van der Waals surface area contributed by atoms with E-state index in [1.54, 1.807) is 0 Å². The van der Waals surface area contributed by atoms with Crippen molar-refractivity contribution in [2.45, 2.75) is 19.9 Å². The van der Waals surface area contributed by atoms with Gasteiger partial charge in [-0.3, -0.25) is 0 Å². The Morgan fingerprint density at radius 3 is 2.65 bits per heavy atom. The number of benzene rings is 2. The summed E-state index contributed by atoms with van der Waals surface area (Å²) in [6, 6.07) is 17.8. The predicted octanol–water partition coefficient (Wildman–Crippen LogP) is 4.91. The molecule has 0 saturated heterocycles. The molecule has 0 saturated carbocycles. The van der Waals surface area contributed by atoms with Gasteiger partial charge in [-0.2, -0.15) is 0 Å². The fourth-order valence-corrected chi connectivity index (χ4v) is 3.46. The van der Waals surface area contributed by atoms with E-state index in [-0.39, 0.29) is 6.04 Å². The van der Waals surface area contributed by atoms with E-state index < -0.39 is 0 Å². The molecule has 1 aromatic heterocycles. The molecular weight excluding hydrogens is 262 g/mol. The highest BCUT2D eigenvalue weighted by atomic mass is 32.1. The number of rotatable bonds is 4. The summed E-state index contributed by atoms with van der Waals surface area (Å²) in [5.41, 5.74) is 2.73. The van der Waals surface area contributed by atoms with Crippen LogP contribution in [0.4, 0.5) is 0 Å². The van der Waals surface area contributed by atoms with Gasteiger partial charge in [-0.15, -0.1) is 11.3 Å². The number of hydrogen-bond acceptors (Lipinski definition) is 2. The van der Waals surface area contributed by atoms with Crippen LogP contribution >= 0.6 is 11.3 Å². The summed E-state index contributed by atoms with van der Waals surface area (Å²) in [4.78, 5) is 1.36. The van der Waals surface area contributed by atoms with Crippen LogP contribution in [0.15, 0.2) is 53.9 Å². The number of aryl methyl sites for hydroxylation is 1. The molecule has 1 atom stereocenters. The van der Waals surface area contributed by atoms with E-state index in [0.717, 1.165) is 6.54 Å². The number of fused-ring (bicyclic) bond motifs is 1. The molecule has 0 amide bonds. The van der Waals surface area contributed by atoms with Crippen molar-refractivity contribution in [1.82, 2.24) is 5.32 Å². The van der Waals surface area contributed by atoms with Crippen molar-refractivity contribution in [2.24, 2.45) is 0 Å². The summed E-state index contributed by atoms with van der Waals surface area (Å²) in [6.45, 7) is 5.29. The van der Waals surface area contributed by atoms with E-state index in [0.29, 0.717) is 0 Å². The first-order valence-corrected chi connectivity index (χ1v) is 7.93. The first-order chi connectivity index (χ1) is 9.79. The molecule has 1 heterocycles. The minimum atomic E-state index is 0.274. The van der Waals surface area contributed by atoms with Crippen LogP contribution in [-0.2, 0) is 0 Å². The van der Waals surface area contributed by atoms with Gasteiger partial charge < -0.3 is 5.32 Å². The summed E-state index contributed by atoms with van der Waals surface area (Å²) in [5.74, 6) is 0. The van der Waals surface area contributed by atoms with Crippen LogP contribution in [0.5, 0.6) is 0 Å². The van der Waals surface area contributed by atoms with E-state index in [2.05, 4.69) is 73.1 Å². The summed E-state index contributed by atoms with van der Waals surface area (Å²) < 4.78 is 0. The molecule has 1 unspecified atom stereocenters. The van der Waals surface area contributed by atoms with Crippen LogP contribution in [0.1, 0.15) is 29.0 Å². The molecular formula is C18H19NS. The highest BCUT2D eigenvalue weighted by Gasteiger charge is 2.16. The molecule has 2 heteroatoms. The topological polar surface area (TPSA) is 12.0 Å². The highest BCUT2D eigenvalue weighted by Crippen LogP contribution is 2.31. The van der Waals surface area contributed by atoms with Gasteiger partial charge in [-0.1, -0.05) is 49.4 Å². The van der Waals surface area contributed by atoms with Crippen LogP contribution in [-0.4, -0.2) is 6.54 Å². The molecule has 0 aliphatic heterocycles. The zero-order valence-corrected chi connectivity index (χ0v) is 12.7. The Labute approximate surface area is 124 Å². The van der Waals surface area contributed by atoms with Crippen LogP contribution in [0, 0.1) is 6.92 Å². The molecule has 3 aromatic rings. The smallest absolute Gasteiger partial charge is 0.0591 e. The standard InChI is InChI=1S/C18H19NS/c1-3-19-18(15-11-13(2)20-12-15)17-10-6-8-14-7-4-5-9-16(14)17/h4-12,18-19H,3H2,1-2H3. The van der Waals surface area contributed by atoms with Gasteiger partial charge in [0.05, 0.1) is 6.04 Å². The Morgan fingerprint density at radius 2 is 1.90 bits per heavy atom. The molecule has 20 heavy (non-hydrogen) atoms. The minimum Gasteiger partial charge on any atom is -0.306 e. The normalized spacial score (nSPS) is 12.7. The maximum atomic E-state index is 3.63. The zero-order valence-electron chi connectivity index (χ0n) is 11.9. The lowest BCUT2D eigenvalue weighted by atomic mass is 9.95. The Hall–Kier alpha value is -1.64. The molecule has 0 spiro atoms. The molecule has 0 radical (unpaired) electrons. The van der Waals surface area contributed by atoms with Crippen LogP contribution in [0.3, 0.4) is 0 Å². The van der Waals surface area contributed by atoms with Crippen LogP contribution in [0.2, 0.25) is 0 Å². The van der Waals surface area contributed by atoms with Crippen molar-refractivity contribution >= 4 is 22.1 Å². The van der Waals surface area contributed by atoms with Crippen molar-refractivity contribution in [1.29, 1.82) is 0 Å². The monoisotopic (exact) mass is 281 g/mol. The van der Waals surface area contributed by atoms with Gasteiger partial charge in [0.1, 0.15) is 0 Å². The third kappa shape index (κ3) is 2.49. The summed E-state index contributed by atoms with van der Waals surface area (Å²) >= 11 is 1.82. The lowest BCUT2D eigenvalue weighted by Crippen LogP contribution is -2.21. The Kier molecular flexibility index (Phi) is 3.86. The van der Waals surface area contributed by atoms with Gasteiger partial charge >= 0.3 is 0 Å². The van der Waals surface area contributed by atoms with Gasteiger partial charge in [0.25, 0.3) is 0 Å². The maximum Gasteiger partial charge on any atom is 0.0591 e. The van der Waals surface area contributed by atoms with E-state index in [1.165, 1.54) is 26.8 Å². The average molecular weight is 281 g/mol. The van der Waals surface area contributed by atoms with E-state index >= 15 is 0 Å². The van der Waals surface area contributed by atoms with Gasteiger partial charge in [-0.05, 0) is 46.8 Å². The average Bonchev–Trinajstić information content (AvgIpc) is 2.91. The Morgan fingerprint density at radius 1 is 1.10 bits per heavy atom. The molecule has 102 valence electrons. The van der Waals surface area contributed by atoms with Crippen molar-refractivity contribution < 1.29 is 0 Å². The largest absolute Gasteiger partial charge is 0.306 e. The fraction of sp³-hybridized carbons (Fsp3) is 0.222. The molecule has 1 nitrogen and oxygen atoms in total. The zero-order chi connectivity index (χ0) is 13.9. The van der Waals surface area contributed by atoms with Gasteiger partial charge in [0.2, 0.25) is 0 Å².